The maximum atomic E-state index is 9.82. The van der Waals surface area contributed by atoms with Crippen LogP contribution in [-0.4, -0.2) is 15.0 Å². The third-order valence-electron chi connectivity index (χ3n) is 10.6. The minimum Gasteiger partial charge on any atom is -0.455 e. The summed E-state index contributed by atoms with van der Waals surface area (Å²) in [5.41, 5.74) is 12.5. The van der Waals surface area contributed by atoms with Gasteiger partial charge in [0.05, 0.1) is 28.8 Å². The SMILES string of the molecule is N#Cc1cccc(-c2cc(-c3cccc(C#N)c3)cc(-c3ccc4c(oc5ccccc54)c3-c3nc(-c4ccccc4)nc(-c4ccc(-c5ccccc5)cc4)n3)c2)c1. The van der Waals surface area contributed by atoms with Crippen LogP contribution in [-0.2, 0) is 0 Å². The molecule has 8 aromatic carbocycles. The molecule has 0 spiro atoms. The van der Waals surface area contributed by atoms with Crippen LogP contribution in [0.3, 0.4) is 0 Å². The van der Waals surface area contributed by atoms with Gasteiger partial charge in [0.1, 0.15) is 11.2 Å². The monoisotopic (exact) mass is 753 g/mol. The van der Waals surface area contributed by atoms with E-state index >= 15 is 0 Å². The van der Waals surface area contributed by atoms with Crippen LogP contribution < -0.4 is 0 Å². The topological polar surface area (TPSA) is 99.4 Å². The molecule has 59 heavy (non-hydrogen) atoms. The number of furan rings is 1. The van der Waals surface area contributed by atoms with E-state index in [0.717, 1.165) is 77.6 Å². The van der Waals surface area contributed by atoms with Crippen molar-refractivity contribution in [3.05, 3.63) is 199 Å². The minimum atomic E-state index is 0.463. The first-order chi connectivity index (χ1) is 29.1. The zero-order valence-corrected chi connectivity index (χ0v) is 31.5. The summed E-state index contributed by atoms with van der Waals surface area (Å²) in [5.74, 6) is 1.53. The van der Waals surface area contributed by atoms with E-state index in [0.29, 0.717) is 34.2 Å². The summed E-state index contributed by atoms with van der Waals surface area (Å²) < 4.78 is 6.77. The predicted octanol–water partition coefficient (Wildman–Crippen LogP) is 13.2. The Balaban J connectivity index is 1.25. The molecule has 6 heteroatoms. The average Bonchev–Trinajstić information content (AvgIpc) is 3.70. The molecular weight excluding hydrogens is 723 g/mol. The molecule has 274 valence electrons. The highest BCUT2D eigenvalue weighted by molar-refractivity contribution is 6.12. The Labute approximate surface area is 340 Å². The van der Waals surface area contributed by atoms with E-state index in [1.807, 2.05) is 103 Å². The number of hydrogen-bond donors (Lipinski definition) is 0. The lowest BCUT2D eigenvalue weighted by atomic mass is 9.90. The Morgan fingerprint density at radius 2 is 0.847 bits per heavy atom. The second kappa shape index (κ2) is 14.9. The maximum Gasteiger partial charge on any atom is 0.168 e. The van der Waals surface area contributed by atoms with Gasteiger partial charge in [-0.2, -0.15) is 10.5 Å². The lowest BCUT2D eigenvalue weighted by Gasteiger charge is -2.16. The van der Waals surface area contributed by atoms with E-state index in [1.165, 1.54) is 0 Å². The molecule has 0 aliphatic carbocycles. The number of aromatic nitrogens is 3. The zero-order chi connectivity index (χ0) is 39.7. The van der Waals surface area contributed by atoms with Crippen LogP contribution in [0.5, 0.6) is 0 Å². The molecule has 0 radical (unpaired) electrons. The minimum absolute atomic E-state index is 0.463. The third kappa shape index (κ3) is 6.68. The number of rotatable bonds is 7. The van der Waals surface area contributed by atoms with Gasteiger partial charge < -0.3 is 4.42 Å². The second-order valence-electron chi connectivity index (χ2n) is 14.3. The first-order valence-corrected chi connectivity index (χ1v) is 19.2. The fourth-order valence-corrected chi connectivity index (χ4v) is 7.68. The smallest absolute Gasteiger partial charge is 0.168 e. The molecule has 0 saturated carbocycles. The molecular formula is C53H31N5O. The van der Waals surface area contributed by atoms with Crippen LogP contribution in [0.15, 0.2) is 192 Å². The van der Waals surface area contributed by atoms with Crippen molar-refractivity contribution in [3.63, 3.8) is 0 Å². The molecule has 0 saturated heterocycles. The van der Waals surface area contributed by atoms with E-state index in [4.69, 9.17) is 19.4 Å². The summed E-state index contributed by atoms with van der Waals surface area (Å²) in [6, 6.07) is 66.9. The van der Waals surface area contributed by atoms with Gasteiger partial charge in [-0.05, 0) is 99.1 Å². The molecule has 0 bridgehead atoms. The van der Waals surface area contributed by atoms with Gasteiger partial charge in [-0.15, -0.1) is 0 Å². The number of fused-ring (bicyclic) bond motifs is 3. The lowest BCUT2D eigenvalue weighted by molar-refractivity contribution is 0.669. The van der Waals surface area contributed by atoms with Gasteiger partial charge in [0.2, 0.25) is 0 Å². The highest BCUT2D eigenvalue weighted by atomic mass is 16.3. The normalized spacial score (nSPS) is 11.0. The van der Waals surface area contributed by atoms with E-state index < -0.39 is 0 Å². The van der Waals surface area contributed by atoms with Crippen LogP contribution in [0.25, 0.3) is 101 Å². The van der Waals surface area contributed by atoms with Crippen molar-refractivity contribution in [2.45, 2.75) is 0 Å². The molecule has 0 amide bonds. The molecule has 2 aromatic heterocycles. The van der Waals surface area contributed by atoms with E-state index in [9.17, 15) is 10.5 Å². The Kier molecular flexibility index (Phi) is 8.84. The molecule has 0 aliphatic rings. The van der Waals surface area contributed by atoms with Gasteiger partial charge >= 0.3 is 0 Å². The largest absolute Gasteiger partial charge is 0.455 e. The van der Waals surface area contributed by atoms with Crippen LogP contribution in [0, 0.1) is 22.7 Å². The predicted molar refractivity (Wildman–Crippen MR) is 235 cm³/mol. The molecule has 0 aliphatic heterocycles. The van der Waals surface area contributed by atoms with Crippen LogP contribution in [0.2, 0.25) is 0 Å². The number of nitriles is 2. The fourth-order valence-electron chi connectivity index (χ4n) is 7.68. The summed E-state index contributed by atoms with van der Waals surface area (Å²) >= 11 is 0. The number of hydrogen-bond acceptors (Lipinski definition) is 6. The van der Waals surface area contributed by atoms with Gasteiger partial charge in [0.15, 0.2) is 17.5 Å². The Morgan fingerprint density at radius 1 is 0.356 bits per heavy atom. The first-order valence-electron chi connectivity index (χ1n) is 19.2. The Bertz CT molecular complexity index is 3210. The quantitative estimate of drug-likeness (QED) is 0.161. The van der Waals surface area contributed by atoms with Crippen molar-refractivity contribution >= 4 is 21.9 Å². The zero-order valence-electron chi connectivity index (χ0n) is 31.5. The number of para-hydroxylation sites is 1. The highest BCUT2D eigenvalue weighted by Gasteiger charge is 2.23. The maximum absolute atomic E-state index is 9.82. The molecule has 2 heterocycles. The molecule has 0 N–H and O–H groups in total. The molecule has 6 nitrogen and oxygen atoms in total. The summed E-state index contributed by atoms with van der Waals surface area (Å²) in [4.78, 5) is 15.5. The van der Waals surface area contributed by atoms with Gasteiger partial charge in [-0.1, -0.05) is 133 Å². The highest BCUT2D eigenvalue weighted by Crippen LogP contribution is 2.44. The van der Waals surface area contributed by atoms with Gasteiger partial charge in [-0.25, -0.2) is 15.0 Å². The first kappa shape index (κ1) is 35.0. The summed E-state index contributed by atoms with van der Waals surface area (Å²) in [7, 11) is 0. The molecule has 0 fully saturated rings. The molecule has 0 unspecified atom stereocenters. The molecule has 10 aromatic rings. The van der Waals surface area contributed by atoms with Gasteiger partial charge in [0, 0.05) is 21.9 Å². The standard InChI is InChI=1S/C53H31N5O/c54-32-34-11-9-17-40(27-34)42-29-43(41-18-10-12-35(28-41)33-55)31-44(30-42)45-25-26-47-46-19-7-8-20-48(46)59-50(47)49(45)53-57-51(38-15-5-2-6-16-38)56-52(58-53)39-23-21-37(22-24-39)36-13-3-1-4-14-36/h1-31H. The summed E-state index contributed by atoms with van der Waals surface area (Å²) in [6.45, 7) is 0. The number of benzene rings is 8. The Hall–Kier alpha value is -8.45. The lowest BCUT2D eigenvalue weighted by Crippen LogP contribution is -2.01. The van der Waals surface area contributed by atoms with Gasteiger partial charge in [0.25, 0.3) is 0 Å². The van der Waals surface area contributed by atoms with Crippen LogP contribution in [0.1, 0.15) is 11.1 Å². The number of nitrogens with zero attached hydrogens (tertiary/aromatic N) is 5. The fraction of sp³-hybridized carbons (Fsp3) is 0. The third-order valence-corrected chi connectivity index (χ3v) is 10.6. The molecule has 0 atom stereocenters. The second-order valence-corrected chi connectivity index (χ2v) is 14.3. The van der Waals surface area contributed by atoms with Crippen molar-refractivity contribution in [3.8, 4) is 90.8 Å². The van der Waals surface area contributed by atoms with Crippen molar-refractivity contribution in [1.82, 2.24) is 15.0 Å². The van der Waals surface area contributed by atoms with Crippen molar-refractivity contribution < 1.29 is 4.42 Å². The van der Waals surface area contributed by atoms with Gasteiger partial charge in [-0.3, -0.25) is 0 Å². The van der Waals surface area contributed by atoms with E-state index in [2.05, 4.69) is 84.9 Å². The van der Waals surface area contributed by atoms with Crippen LogP contribution >= 0.6 is 0 Å². The van der Waals surface area contributed by atoms with Crippen molar-refractivity contribution in [1.29, 1.82) is 10.5 Å². The van der Waals surface area contributed by atoms with Crippen molar-refractivity contribution in [2.75, 3.05) is 0 Å². The van der Waals surface area contributed by atoms with E-state index in [1.54, 1.807) is 12.1 Å². The summed E-state index contributed by atoms with van der Waals surface area (Å²) in [6.07, 6.45) is 0. The average molecular weight is 754 g/mol. The van der Waals surface area contributed by atoms with Crippen LogP contribution in [0.4, 0.5) is 0 Å². The van der Waals surface area contributed by atoms with E-state index in [-0.39, 0.29) is 0 Å². The van der Waals surface area contributed by atoms with Crippen molar-refractivity contribution in [2.24, 2.45) is 0 Å². The summed E-state index contributed by atoms with van der Waals surface area (Å²) in [5, 5.41) is 21.6. The Morgan fingerprint density at radius 3 is 1.47 bits per heavy atom. The molecule has 10 rings (SSSR count).